The highest BCUT2D eigenvalue weighted by Crippen LogP contribution is 2.37. The second kappa shape index (κ2) is 7.11. The van der Waals surface area contributed by atoms with Crippen LogP contribution in [0.15, 0.2) is 42.5 Å². The fourth-order valence-corrected chi connectivity index (χ4v) is 4.08. The van der Waals surface area contributed by atoms with Crippen molar-refractivity contribution in [2.24, 2.45) is 0 Å². The number of pyridine rings is 1. The van der Waals surface area contributed by atoms with E-state index in [1.165, 1.54) is 16.8 Å². The number of benzene rings is 2. The van der Waals surface area contributed by atoms with Crippen molar-refractivity contribution in [3.63, 3.8) is 0 Å². The number of alkyl halides is 3. The summed E-state index contributed by atoms with van der Waals surface area (Å²) in [6, 6.07) is 10.3. The molecule has 0 radical (unpaired) electrons. The van der Waals surface area contributed by atoms with Gasteiger partial charge in [-0.25, -0.2) is 4.79 Å². The van der Waals surface area contributed by atoms with Crippen LogP contribution in [0.2, 0.25) is 0 Å². The van der Waals surface area contributed by atoms with Crippen LogP contribution < -0.4 is 14.8 Å². The first-order chi connectivity index (χ1) is 15.2. The molecule has 0 saturated carbocycles. The normalized spacial score (nSPS) is 15.6. The number of aromatic nitrogens is 3. The zero-order chi connectivity index (χ0) is 22.6. The number of carbonyl (C=O) groups excluding carboxylic acids is 1. The predicted molar refractivity (Wildman–Crippen MR) is 110 cm³/mol. The van der Waals surface area contributed by atoms with Crippen LogP contribution in [-0.2, 0) is 0 Å². The maximum Gasteiger partial charge on any atom is 0.573 e. The summed E-state index contributed by atoms with van der Waals surface area (Å²) < 4.78 is 48.1. The fraction of sp³-hybridized carbons (Fsp3) is 0.227. The first kappa shape index (κ1) is 20.1. The topological polar surface area (TPSA) is 78.3 Å². The third kappa shape index (κ3) is 3.37. The van der Waals surface area contributed by atoms with Crippen molar-refractivity contribution in [2.75, 3.05) is 6.61 Å². The number of rotatable bonds is 2. The van der Waals surface area contributed by atoms with Gasteiger partial charge in [-0.2, -0.15) is 9.78 Å². The van der Waals surface area contributed by atoms with E-state index in [2.05, 4.69) is 20.1 Å². The van der Waals surface area contributed by atoms with Crippen LogP contribution in [-0.4, -0.2) is 33.8 Å². The molecule has 4 aromatic rings. The van der Waals surface area contributed by atoms with Gasteiger partial charge < -0.3 is 14.8 Å². The summed E-state index contributed by atoms with van der Waals surface area (Å²) in [4.78, 5) is 17.8. The van der Waals surface area contributed by atoms with Gasteiger partial charge in [0.2, 0.25) is 0 Å². The number of carbonyl (C=O) groups is 1. The minimum atomic E-state index is -4.80. The van der Waals surface area contributed by atoms with Crippen LogP contribution in [0.25, 0.3) is 21.8 Å². The van der Waals surface area contributed by atoms with Crippen molar-refractivity contribution in [3.05, 3.63) is 59.4 Å². The number of nitrogens with one attached hydrogen (secondary N) is 1. The summed E-state index contributed by atoms with van der Waals surface area (Å²) in [6.07, 6.45) is -4.80. The fourth-order valence-electron chi connectivity index (χ4n) is 4.08. The maximum absolute atomic E-state index is 13.2. The van der Waals surface area contributed by atoms with Gasteiger partial charge in [-0.1, -0.05) is 18.2 Å². The molecular formula is C22H17F3N4O3. The van der Waals surface area contributed by atoms with Crippen molar-refractivity contribution in [2.45, 2.75) is 26.3 Å². The Morgan fingerprint density at radius 2 is 1.97 bits per heavy atom. The molecule has 0 fully saturated rings. The molecule has 1 amide bonds. The lowest BCUT2D eigenvalue weighted by atomic mass is 10.1. The number of halogens is 3. The second-order valence-corrected chi connectivity index (χ2v) is 7.50. The summed E-state index contributed by atoms with van der Waals surface area (Å²) in [5.41, 5.74) is 3.39. The monoisotopic (exact) mass is 442 g/mol. The minimum Gasteiger partial charge on any atom is -0.491 e. The summed E-state index contributed by atoms with van der Waals surface area (Å²) in [7, 11) is 0. The Hall–Kier alpha value is -3.82. The first-order valence-electron chi connectivity index (χ1n) is 9.79. The molecule has 3 heterocycles. The number of para-hydroxylation sites is 1. The van der Waals surface area contributed by atoms with Crippen LogP contribution in [0.4, 0.5) is 18.0 Å². The molecule has 0 unspecified atom stereocenters. The van der Waals surface area contributed by atoms with Crippen molar-refractivity contribution in [3.8, 4) is 11.5 Å². The molecule has 32 heavy (non-hydrogen) atoms. The van der Waals surface area contributed by atoms with Crippen LogP contribution >= 0.6 is 0 Å². The molecule has 164 valence electrons. The molecule has 1 aliphatic rings. The number of fused-ring (bicyclic) bond motifs is 4. The smallest absolute Gasteiger partial charge is 0.491 e. The number of nitrogens with zero attached hydrogens (tertiary/aromatic N) is 3. The SMILES string of the molecule is Cc1nc2ccccc2c2c1c(C)nn2C(=O)N[C@@H]1COc2cc(OC(F)(F)F)ccc21. The van der Waals surface area contributed by atoms with E-state index in [1.807, 2.05) is 38.1 Å². The quantitative estimate of drug-likeness (QED) is 0.483. The lowest BCUT2D eigenvalue weighted by molar-refractivity contribution is -0.274. The van der Waals surface area contributed by atoms with Gasteiger partial charge in [-0.05, 0) is 32.0 Å². The molecule has 2 aromatic heterocycles. The third-order valence-electron chi connectivity index (χ3n) is 5.36. The average Bonchev–Trinajstić information content (AvgIpc) is 3.28. The minimum absolute atomic E-state index is 0.0794. The Labute approximate surface area is 179 Å². The van der Waals surface area contributed by atoms with E-state index in [0.717, 1.165) is 28.0 Å². The summed E-state index contributed by atoms with van der Waals surface area (Å²) >= 11 is 0. The maximum atomic E-state index is 13.2. The van der Waals surface area contributed by atoms with Crippen LogP contribution in [0.1, 0.15) is 23.0 Å². The molecular weight excluding hydrogens is 425 g/mol. The molecule has 1 N–H and O–H groups in total. The summed E-state index contributed by atoms with van der Waals surface area (Å²) in [5, 5.41) is 8.89. The molecule has 7 nitrogen and oxygen atoms in total. The lowest BCUT2D eigenvalue weighted by Gasteiger charge is -2.13. The number of aryl methyl sites for hydroxylation is 2. The molecule has 0 spiro atoms. The van der Waals surface area contributed by atoms with Gasteiger partial charge in [0.15, 0.2) is 0 Å². The zero-order valence-corrected chi connectivity index (χ0v) is 17.0. The van der Waals surface area contributed by atoms with Gasteiger partial charge in [0, 0.05) is 28.1 Å². The van der Waals surface area contributed by atoms with Crippen molar-refractivity contribution >= 4 is 27.8 Å². The number of hydrogen-bond acceptors (Lipinski definition) is 5. The molecule has 5 rings (SSSR count). The zero-order valence-electron chi connectivity index (χ0n) is 17.0. The molecule has 2 aromatic carbocycles. The number of amides is 1. The molecule has 0 saturated heterocycles. The van der Waals surface area contributed by atoms with Crippen molar-refractivity contribution in [1.29, 1.82) is 0 Å². The highest BCUT2D eigenvalue weighted by atomic mass is 19.4. The predicted octanol–water partition coefficient (Wildman–Crippen LogP) is 4.79. The van der Waals surface area contributed by atoms with E-state index in [0.29, 0.717) is 16.8 Å². The van der Waals surface area contributed by atoms with Gasteiger partial charge in [0.1, 0.15) is 18.1 Å². The summed E-state index contributed by atoms with van der Waals surface area (Å²) in [6.45, 7) is 3.76. The van der Waals surface area contributed by atoms with E-state index in [4.69, 9.17) is 4.74 Å². The number of hydrogen-bond donors (Lipinski definition) is 1. The number of ether oxygens (including phenoxy) is 2. The molecule has 0 bridgehead atoms. The summed E-state index contributed by atoms with van der Waals surface area (Å²) in [5.74, 6) is -0.157. The van der Waals surface area contributed by atoms with Gasteiger partial charge in [-0.3, -0.25) is 4.98 Å². The van der Waals surface area contributed by atoms with Crippen LogP contribution in [0.5, 0.6) is 11.5 Å². The molecule has 10 heteroatoms. The molecule has 0 aliphatic carbocycles. The van der Waals surface area contributed by atoms with E-state index in [-0.39, 0.29) is 18.1 Å². The van der Waals surface area contributed by atoms with Crippen molar-refractivity contribution < 1.29 is 27.4 Å². The largest absolute Gasteiger partial charge is 0.573 e. The Morgan fingerprint density at radius 3 is 2.75 bits per heavy atom. The highest BCUT2D eigenvalue weighted by molar-refractivity contribution is 6.08. The van der Waals surface area contributed by atoms with Crippen LogP contribution in [0.3, 0.4) is 0 Å². The van der Waals surface area contributed by atoms with Gasteiger partial charge >= 0.3 is 12.4 Å². The van der Waals surface area contributed by atoms with E-state index < -0.39 is 18.4 Å². The Kier molecular flexibility index (Phi) is 4.47. The molecule has 1 aliphatic heterocycles. The Balaban J connectivity index is 1.49. The Morgan fingerprint density at radius 1 is 1.19 bits per heavy atom. The van der Waals surface area contributed by atoms with Crippen molar-refractivity contribution in [1.82, 2.24) is 20.1 Å². The van der Waals surface area contributed by atoms with E-state index in [9.17, 15) is 18.0 Å². The van der Waals surface area contributed by atoms with Gasteiger partial charge in [0.25, 0.3) is 0 Å². The van der Waals surface area contributed by atoms with Gasteiger partial charge in [-0.15, -0.1) is 13.2 Å². The second-order valence-electron chi connectivity index (χ2n) is 7.50. The first-order valence-corrected chi connectivity index (χ1v) is 9.79. The van der Waals surface area contributed by atoms with Gasteiger partial charge in [0.05, 0.1) is 22.8 Å². The van der Waals surface area contributed by atoms with Crippen LogP contribution in [0, 0.1) is 13.8 Å². The Bertz CT molecular complexity index is 1380. The van der Waals surface area contributed by atoms with E-state index >= 15 is 0 Å². The lowest BCUT2D eigenvalue weighted by Crippen LogP contribution is -2.33. The van der Waals surface area contributed by atoms with E-state index in [1.54, 1.807) is 0 Å². The third-order valence-corrected chi connectivity index (χ3v) is 5.36. The highest BCUT2D eigenvalue weighted by Gasteiger charge is 2.33. The molecule has 1 atom stereocenters. The standard InChI is InChI=1S/C22H17F3N4O3/c1-11-19-12(2)28-29(20(19)15-5-3-4-6-16(15)26-11)21(30)27-17-10-31-18-9-13(7-8-14(17)18)32-22(23,24)25/h3-9,17H,10H2,1-2H3,(H,27,30)/t17-/m1/s1. The average molecular weight is 442 g/mol.